The van der Waals surface area contributed by atoms with Crippen LogP contribution in [0.3, 0.4) is 0 Å². The van der Waals surface area contributed by atoms with Gasteiger partial charge >= 0.3 is 5.97 Å². The standard InChI is InChI=1S/C23H24FNO2/c1-4-5-6-11-27-23(26)20-14-21(17-7-9-18(24)10-8-17)25-22-16(3)12-15(2)13-19(20)22/h7-10,12-14H,4-6,11H2,1-3H3. The van der Waals surface area contributed by atoms with Crippen LogP contribution in [0.25, 0.3) is 22.2 Å². The van der Waals surface area contributed by atoms with Gasteiger partial charge in [-0.25, -0.2) is 14.2 Å². The summed E-state index contributed by atoms with van der Waals surface area (Å²) in [4.78, 5) is 17.5. The number of pyridine rings is 1. The molecule has 0 aliphatic rings. The van der Waals surface area contributed by atoms with Gasteiger partial charge in [0, 0.05) is 10.9 Å². The molecular weight excluding hydrogens is 341 g/mol. The molecule has 0 saturated carbocycles. The smallest absolute Gasteiger partial charge is 0.338 e. The number of unbranched alkanes of at least 4 members (excludes halogenated alkanes) is 2. The van der Waals surface area contributed by atoms with Crippen molar-refractivity contribution in [3.8, 4) is 11.3 Å². The number of esters is 1. The van der Waals surface area contributed by atoms with Crippen LogP contribution in [0.5, 0.6) is 0 Å². The number of hydrogen-bond acceptors (Lipinski definition) is 3. The zero-order valence-electron chi connectivity index (χ0n) is 16.0. The third kappa shape index (κ3) is 4.33. The summed E-state index contributed by atoms with van der Waals surface area (Å²) in [6.07, 6.45) is 2.96. The van der Waals surface area contributed by atoms with E-state index >= 15 is 0 Å². The number of aromatic nitrogens is 1. The minimum atomic E-state index is -0.341. The molecule has 1 heterocycles. The van der Waals surface area contributed by atoms with Gasteiger partial charge in [-0.1, -0.05) is 31.4 Å². The van der Waals surface area contributed by atoms with Crippen LogP contribution in [0.4, 0.5) is 4.39 Å². The summed E-state index contributed by atoms with van der Waals surface area (Å²) in [5.74, 6) is -0.645. The lowest BCUT2D eigenvalue weighted by Gasteiger charge is -2.12. The van der Waals surface area contributed by atoms with Gasteiger partial charge in [-0.15, -0.1) is 0 Å². The predicted octanol–water partition coefficient (Wildman–Crippen LogP) is 6.00. The molecular formula is C23H24FNO2. The SMILES string of the molecule is CCCCCOC(=O)c1cc(-c2ccc(F)cc2)nc2c(C)cc(C)cc12. The largest absolute Gasteiger partial charge is 0.462 e. The number of ether oxygens (including phenoxy) is 1. The molecule has 0 radical (unpaired) electrons. The van der Waals surface area contributed by atoms with E-state index in [9.17, 15) is 9.18 Å². The fourth-order valence-electron chi connectivity index (χ4n) is 3.21. The van der Waals surface area contributed by atoms with Crippen LogP contribution in [-0.2, 0) is 4.74 Å². The summed E-state index contributed by atoms with van der Waals surface area (Å²) in [5, 5.41) is 0.791. The molecule has 0 aliphatic heterocycles. The lowest BCUT2D eigenvalue weighted by atomic mass is 10.00. The number of halogens is 1. The van der Waals surface area contributed by atoms with E-state index < -0.39 is 0 Å². The Morgan fingerprint density at radius 2 is 1.81 bits per heavy atom. The lowest BCUT2D eigenvalue weighted by Crippen LogP contribution is -2.08. The van der Waals surface area contributed by atoms with Crippen LogP contribution in [0, 0.1) is 19.7 Å². The quantitative estimate of drug-likeness (QED) is 0.397. The first-order valence-corrected chi connectivity index (χ1v) is 9.34. The van der Waals surface area contributed by atoms with Crippen LogP contribution >= 0.6 is 0 Å². The minimum Gasteiger partial charge on any atom is -0.462 e. The van der Waals surface area contributed by atoms with E-state index in [1.54, 1.807) is 18.2 Å². The second-order valence-corrected chi connectivity index (χ2v) is 6.88. The number of carbonyl (C=O) groups excluding carboxylic acids is 1. The van der Waals surface area contributed by atoms with Gasteiger partial charge in [-0.05, 0) is 62.2 Å². The monoisotopic (exact) mass is 365 g/mol. The van der Waals surface area contributed by atoms with E-state index in [-0.39, 0.29) is 11.8 Å². The summed E-state index contributed by atoms with van der Waals surface area (Å²) in [6.45, 7) is 6.50. The topological polar surface area (TPSA) is 39.2 Å². The van der Waals surface area contributed by atoms with Crippen LogP contribution in [0.2, 0.25) is 0 Å². The molecule has 1 aromatic heterocycles. The third-order valence-electron chi connectivity index (χ3n) is 4.59. The Kier molecular flexibility index (Phi) is 5.84. The van der Waals surface area contributed by atoms with Gasteiger partial charge in [0.05, 0.1) is 23.4 Å². The maximum atomic E-state index is 13.3. The van der Waals surface area contributed by atoms with E-state index in [1.165, 1.54) is 12.1 Å². The number of aryl methyl sites for hydroxylation is 2. The van der Waals surface area contributed by atoms with Gasteiger partial charge in [0.2, 0.25) is 0 Å². The zero-order chi connectivity index (χ0) is 19.4. The average Bonchev–Trinajstić information content (AvgIpc) is 2.65. The van der Waals surface area contributed by atoms with Gasteiger partial charge in [-0.3, -0.25) is 0 Å². The van der Waals surface area contributed by atoms with Gasteiger partial charge in [0.1, 0.15) is 5.82 Å². The molecule has 0 spiro atoms. The zero-order valence-corrected chi connectivity index (χ0v) is 16.0. The highest BCUT2D eigenvalue weighted by atomic mass is 19.1. The molecule has 0 unspecified atom stereocenters. The Labute approximate surface area is 159 Å². The molecule has 0 bridgehead atoms. The highest BCUT2D eigenvalue weighted by Crippen LogP contribution is 2.28. The maximum absolute atomic E-state index is 13.3. The predicted molar refractivity (Wildman–Crippen MR) is 106 cm³/mol. The molecule has 0 aliphatic carbocycles. The number of nitrogens with zero attached hydrogens (tertiary/aromatic N) is 1. The average molecular weight is 365 g/mol. The molecule has 0 saturated heterocycles. The fourth-order valence-corrected chi connectivity index (χ4v) is 3.21. The highest BCUT2D eigenvalue weighted by Gasteiger charge is 2.17. The van der Waals surface area contributed by atoms with Crippen molar-refractivity contribution in [2.45, 2.75) is 40.0 Å². The van der Waals surface area contributed by atoms with E-state index in [2.05, 4.69) is 6.92 Å². The maximum Gasteiger partial charge on any atom is 0.338 e. The van der Waals surface area contributed by atoms with Crippen LogP contribution in [-0.4, -0.2) is 17.6 Å². The molecule has 0 N–H and O–H groups in total. The van der Waals surface area contributed by atoms with Crippen molar-refractivity contribution < 1.29 is 13.9 Å². The van der Waals surface area contributed by atoms with Crippen molar-refractivity contribution in [2.75, 3.05) is 6.61 Å². The Bertz CT molecular complexity index is 964. The third-order valence-corrected chi connectivity index (χ3v) is 4.59. The first-order valence-electron chi connectivity index (χ1n) is 9.34. The fraction of sp³-hybridized carbons (Fsp3) is 0.304. The summed E-state index contributed by atoms with van der Waals surface area (Å²) in [6, 6.07) is 11.9. The Hall–Kier alpha value is -2.75. The number of rotatable bonds is 6. The van der Waals surface area contributed by atoms with E-state index in [0.717, 1.165) is 46.9 Å². The Balaban J connectivity index is 2.08. The van der Waals surface area contributed by atoms with Crippen LogP contribution in [0.15, 0.2) is 42.5 Å². The molecule has 140 valence electrons. The minimum absolute atomic E-state index is 0.304. The first-order chi connectivity index (χ1) is 13.0. The summed E-state index contributed by atoms with van der Waals surface area (Å²) >= 11 is 0. The second kappa shape index (κ2) is 8.30. The van der Waals surface area contributed by atoms with Gasteiger partial charge in [0.15, 0.2) is 0 Å². The van der Waals surface area contributed by atoms with Crippen LogP contribution < -0.4 is 0 Å². The molecule has 2 aromatic carbocycles. The van der Waals surface area contributed by atoms with Gasteiger partial charge in [0.25, 0.3) is 0 Å². The van der Waals surface area contributed by atoms with E-state index in [4.69, 9.17) is 9.72 Å². The number of fused-ring (bicyclic) bond motifs is 1. The Morgan fingerprint density at radius 3 is 2.52 bits per heavy atom. The summed E-state index contributed by atoms with van der Waals surface area (Å²) in [7, 11) is 0. The number of benzene rings is 2. The van der Waals surface area contributed by atoms with E-state index in [1.807, 2.05) is 26.0 Å². The van der Waals surface area contributed by atoms with Crippen molar-refractivity contribution in [2.24, 2.45) is 0 Å². The Morgan fingerprint density at radius 1 is 1.07 bits per heavy atom. The lowest BCUT2D eigenvalue weighted by molar-refractivity contribution is 0.0500. The molecule has 3 rings (SSSR count). The molecule has 4 heteroatoms. The summed E-state index contributed by atoms with van der Waals surface area (Å²) in [5.41, 5.74) is 4.73. The van der Waals surface area contributed by atoms with Crippen LogP contribution in [0.1, 0.15) is 47.7 Å². The van der Waals surface area contributed by atoms with Crippen molar-refractivity contribution in [1.29, 1.82) is 0 Å². The van der Waals surface area contributed by atoms with E-state index in [0.29, 0.717) is 17.9 Å². The number of hydrogen-bond donors (Lipinski definition) is 0. The van der Waals surface area contributed by atoms with Crippen molar-refractivity contribution in [3.05, 3.63) is 65.0 Å². The molecule has 3 nitrogen and oxygen atoms in total. The number of carbonyl (C=O) groups is 1. The van der Waals surface area contributed by atoms with Crippen molar-refractivity contribution in [3.63, 3.8) is 0 Å². The second-order valence-electron chi connectivity index (χ2n) is 6.88. The molecule has 3 aromatic rings. The van der Waals surface area contributed by atoms with Gasteiger partial charge < -0.3 is 4.74 Å². The molecule has 0 amide bonds. The molecule has 27 heavy (non-hydrogen) atoms. The highest BCUT2D eigenvalue weighted by molar-refractivity contribution is 6.05. The van der Waals surface area contributed by atoms with Crippen molar-refractivity contribution >= 4 is 16.9 Å². The normalized spacial score (nSPS) is 11.0. The van der Waals surface area contributed by atoms with Gasteiger partial charge in [-0.2, -0.15) is 0 Å². The summed E-state index contributed by atoms with van der Waals surface area (Å²) < 4.78 is 18.8. The first kappa shape index (κ1) is 19.0. The molecule has 0 fully saturated rings. The van der Waals surface area contributed by atoms with Crippen molar-refractivity contribution in [1.82, 2.24) is 4.98 Å². The molecule has 0 atom stereocenters.